The summed E-state index contributed by atoms with van der Waals surface area (Å²) in [5.74, 6) is 0.519. The fourth-order valence-electron chi connectivity index (χ4n) is 2.30. The van der Waals surface area contributed by atoms with Crippen LogP contribution in [-0.2, 0) is 11.2 Å². The number of carbonyl (C=O) groups excluding carboxylic acids is 1. The van der Waals surface area contributed by atoms with Crippen molar-refractivity contribution >= 4 is 5.91 Å². The number of aryl methyl sites for hydroxylation is 1. The minimum absolute atomic E-state index is 0.0740. The molecule has 1 aromatic rings. The van der Waals surface area contributed by atoms with Crippen molar-refractivity contribution in [1.82, 2.24) is 15.5 Å². The molecule has 0 radical (unpaired) electrons. The fraction of sp³-hybridized carbons (Fsp3) is 0.692. The molecule has 18 heavy (non-hydrogen) atoms. The number of rotatable bonds is 5. The number of nitrogens with one attached hydrogen (secondary N) is 3. The Kier molecular flexibility index (Phi) is 3.32. The molecule has 0 atom stereocenters. The molecule has 0 unspecified atom stereocenters. The quantitative estimate of drug-likeness (QED) is 0.733. The summed E-state index contributed by atoms with van der Waals surface area (Å²) in [5, 5.41) is 8.17. The Bertz CT molecular complexity index is 495. The maximum Gasteiger partial charge on any atom is 0.267 e. The number of hydrogen-bond donors (Lipinski definition) is 3. The molecule has 1 aliphatic carbocycles. The smallest absolute Gasteiger partial charge is 0.267 e. The third kappa shape index (κ3) is 2.49. The molecular weight excluding hydrogens is 230 g/mol. The molecule has 100 valence electrons. The Morgan fingerprint density at radius 2 is 2.06 bits per heavy atom. The van der Waals surface area contributed by atoms with Crippen LogP contribution in [0.4, 0.5) is 0 Å². The Hall–Kier alpha value is -1.52. The summed E-state index contributed by atoms with van der Waals surface area (Å²) in [5.41, 5.74) is 1.37. The van der Waals surface area contributed by atoms with E-state index < -0.39 is 0 Å². The van der Waals surface area contributed by atoms with Gasteiger partial charge in [0.2, 0.25) is 5.91 Å². The standard InChI is InChI=1S/C13H21N3O2/c1-8(2)13(4-5-13)7-14-11(17)6-10-9(3)15-16-12(10)18/h8H,4-7H2,1-3H3,(H,14,17)(H2,15,16,18). The molecule has 0 spiro atoms. The molecule has 0 aromatic carbocycles. The lowest BCUT2D eigenvalue weighted by Gasteiger charge is -2.19. The highest BCUT2D eigenvalue weighted by Gasteiger charge is 2.45. The zero-order valence-corrected chi connectivity index (χ0v) is 11.2. The van der Waals surface area contributed by atoms with Crippen molar-refractivity contribution in [2.45, 2.75) is 40.0 Å². The third-order valence-corrected chi connectivity index (χ3v) is 4.18. The number of H-pyrrole nitrogens is 2. The van der Waals surface area contributed by atoms with Crippen LogP contribution in [-0.4, -0.2) is 22.6 Å². The van der Waals surface area contributed by atoms with Gasteiger partial charge >= 0.3 is 0 Å². The molecule has 1 aromatic heterocycles. The van der Waals surface area contributed by atoms with Gasteiger partial charge in [0.15, 0.2) is 0 Å². The van der Waals surface area contributed by atoms with Gasteiger partial charge in [0.1, 0.15) is 0 Å². The second-order valence-electron chi connectivity index (χ2n) is 5.65. The second-order valence-corrected chi connectivity index (χ2v) is 5.65. The van der Waals surface area contributed by atoms with Gasteiger partial charge in [-0.1, -0.05) is 13.8 Å². The molecule has 1 saturated carbocycles. The van der Waals surface area contributed by atoms with Crippen molar-refractivity contribution in [3.05, 3.63) is 21.6 Å². The lowest BCUT2D eigenvalue weighted by molar-refractivity contribution is -0.120. The van der Waals surface area contributed by atoms with Crippen LogP contribution in [0.3, 0.4) is 0 Å². The van der Waals surface area contributed by atoms with Crippen molar-refractivity contribution in [3.8, 4) is 0 Å². The van der Waals surface area contributed by atoms with E-state index in [2.05, 4.69) is 29.4 Å². The molecule has 5 heteroatoms. The van der Waals surface area contributed by atoms with Gasteiger partial charge in [-0.15, -0.1) is 0 Å². The van der Waals surface area contributed by atoms with Crippen LogP contribution in [0.5, 0.6) is 0 Å². The third-order valence-electron chi connectivity index (χ3n) is 4.18. The Morgan fingerprint density at radius 3 is 2.50 bits per heavy atom. The van der Waals surface area contributed by atoms with E-state index in [0.717, 1.165) is 12.2 Å². The van der Waals surface area contributed by atoms with Crippen LogP contribution >= 0.6 is 0 Å². The van der Waals surface area contributed by atoms with Crippen LogP contribution in [0.15, 0.2) is 4.79 Å². The van der Waals surface area contributed by atoms with E-state index >= 15 is 0 Å². The van der Waals surface area contributed by atoms with E-state index in [-0.39, 0.29) is 17.9 Å². The van der Waals surface area contributed by atoms with Crippen LogP contribution < -0.4 is 10.9 Å². The van der Waals surface area contributed by atoms with Crippen LogP contribution in [0.2, 0.25) is 0 Å². The Labute approximate surface area is 106 Å². The first kappa shape index (κ1) is 12.9. The maximum atomic E-state index is 11.8. The summed E-state index contributed by atoms with van der Waals surface area (Å²) >= 11 is 0. The van der Waals surface area contributed by atoms with Crippen molar-refractivity contribution in [1.29, 1.82) is 0 Å². The van der Waals surface area contributed by atoms with Crippen molar-refractivity contribution < 1.29 is 4.79 Å². The summed E-state index contributed by atoms with van der Waals surface area (Å²) in [6.07, 6.45) is 2.53. The van der Waals surface area contributed by atoms with Crippen LogP contribution in [0.1, 0.15) is 37.9 Å². The van der Waals surface area contributed by atoms with E-state index in [1.54, 1.807) is 6.92 Å². The van der Waals surface area contributed by atoms with Gasteiger partial charge in [-0.3, -0.25) is 14.7 Å². The molecule has 5 nitrogen and oxygen atoms in total. The molecule has 1 amide bonds. The zero-order valence-electron chi connectivity index (χ0n) is 11.2. The molecular formula is C13H21N3O2. The minimum Gasteiger partial charge on any atom is -0.355 e. The molecule has 0 bridgehead atoms. The lowest BCUT2D eigenvalue weighted by atomic mass is 9.92. The number of aromatic nitrogens is 2. The number of hydrogen-bond acceptors (Lipinski definition) is 2. The molecule has 0 saturated heterocycles. The van der Waals surface area contributed by atoms with E-state index in [4.69, 9.17) is 0 Å². The first-order valence-electron chi connectivity index (χ1n) is 6.47. The highest BCUT2D eigenvalue weighted by Crippen LogP contribution is 2.51. The number of aromatic amines is 2. The van der Waals surface area contributed by atoms with Crippen molar-refractivity contribution in [3.63, 3.8) is 0 Å². The Morgan fingerprint density at radius 1 is 1.39 bits per heavy atom. The average molecular weight is 251 g/mol. The lowest BCUT2D eigenvalue weighted by Crippen LogP contribution is -2.34. The number of amides is 1. The second kappa shape index (κ2) is 4.63. The van der Waals surface area contributed by atoms with Gasteiger partial charge < -0.3 is 10.4 Å². The first-order chi connectivity index (χ1) is 8.44. The molecule has 2 rings (SSSR count). The fourth-order valence-corrected chi connectivity index (χ4v) is 2.30. The van der Waals surface area contributed by atoms with Crippen LogP contribution in [0.25, 0.3) is 0 Å². The zero-order chi connectivity index (χ0) is 13.3. The summed E-state index contributed by atoms with van der Waals surface area (Å²) in [4.78, 5) is 23.3. The first-order valence-corrected chi connectivity index (χ1v) is 6.47. The van der Waals surface area contributed by atoms with E-state index in [1.165, 1.54) is 12.8 Å². The molecule has 1 heterocycles. The summed E-state index contributed by atoms with van der Waals surface area (Å²) < 4.78 is 0. The van der Waals surface area contributed by atoms with E-state index in [0.29, 0.717) is 16.9 Å². The maximum absolute atomic E-state index is 11.8. The molecule has 1 fully saturated rings. The Balaban J connectivity index is 1.89. The van der Waals surface area contributed by atoms with Gasteiger partial charge in [0.25, 0.3) is 5.56 Å². The normalized spacial score (nSPS) is 16.9. The topological polar surface area (TPSA) is 77.8 Å². The monoisotopic (exact) mass is 251 g/mol. The van der Waals surface area contributed by atoms with Gasteiger partial charge in [0.05, 0.1) is 6.42 Å². The average Bonchev–Trinajstić information content (AvgIpc) is 3.05. The van der Waals surface area contributed by atoms with Gasteiger partial charge in [-0.2, -0.15) is 0 Å². The van der Waals surface area contributed by atoms with Gasteiger partial charge in [-0.05, 0) is 31.1 Å². The minimum atomic E-state index is -0.201. The molecule has 1 aliphatic rings. The van der Waals surface area contributed by atoms with Gasteiger partial charge in [0, 0.05) is 17.8 Å². The SMILES string of the molecule is Cc1[nH][nH]c(=O)c1CC(=O)NCC1(C(C)C)CC1. The predicted octanol–water partition coefficient (Wildman–Crippen LogP) is 1.11. The summed E-state index contributed by atoms with van der Waals surface area (Å²) in [6, 6.07) is 0. The predicted molar refractivity (Wildman–Crippen MR) is 69.4 cm³/mol. The summed E-state index contributed by atoms with van der Waals surface area (Å²) in [7, 11) is 0. The summed E-state index contributed by atoms with van der Waals surface area (Å²) in [6.45, 7) is 6.90. The molecule has 3 N–H and O–H groups in total. The largest absolute Gasteiger partial charge is 0.355 e. The molecule has 0 aliphatic heterocycles. The van der Waals surface area contributed by atoms with Crippen LogP contribution in [0, 0.1) is 18.3 Å². The van der Waals surface area contributed by atoms with Crippen molar-refractivity contribution in [2.75, 3.05) is 6.54 Å². The highest BCUT2D eigenvalue weighted by atomic mass is 16.2. The number of carbonyl (C=O) groups is 1. The highest BCUT2D eigenvalue weighted by molar-refractivity contribution is 5.78. The van der Waals surface area contributed by atoms with E-state index in [1.807, 2.05) is 0 Å². The van der Waals surface area contributed by atoms with Crippen molar-refractivity contribution in [2.24, 2.45) is 11.3 Å². The van der Waals surface area contributed by atoms with E-state index in [9.17, 15) is 9.59 Å². The van der Waals surface area contributed by atoms with Gasteiger partial charge in [-0.25, -0.2) is 0 Å².